The highest BCUT2D eigenvalue weighted by atomic mass is 16.6. The third-order valence-corrected chi connectivity index (χ3v) is 2.11. The third kappa shape index (κ3) is 0.814. The number of oxime groups is 1. The summed E-state index contributed by atoms with van der Waals surface area (Å²) < 4.78 is 5.38. The Kier molecular flexibility index (Phi) is 1.38. The van der Waals surface area contributed by atoms with E-state index in [-0.39, 0.29) is 6.10 Å². The maximum Gasteiger partial charge on any atom is 0.125 e. The van der Waals surface area contributed by atoms with E-state index in [9.17, 15) is 0 Å². The van der Waals surface area contributed by atoms with Gasteiger partial charge in [-0.3, -0.25) is 0 Å². The SMILES string of the molecule is C[C@@H]1OCC[C@@H]2CON=C21. The van der Waals surface area contributed by atoms with Crippen LogP contribution in [0.5, 0.6) is 0 Å². The average Bonchev–Trinajstić information content (AvgIpc) is 2.36. The van der Waals surface area contributed by atoms with Crippen molar-refractivity contribution < 1.29 is 9.57 Å². The fourth-order valence-corrected chi connectivity index (χ4v) is 1.47. The summed E-state index contributed by atoms with van der Waals surface area (Å²) in [6.45, 7) is 3.65. The van der Waals surface area contributed by atoms with Crippen molar-refractivity contribution in [2.75, 3.05) is 13.2 Å². The Labute approximate surface area is 60.0 Å². The number of rotatable bonds is 0. The molecule has 2 aliphatic heterocycles. The number of hydrogen-bond acceptors (Lipinski definition) is 3. The van der Waals surface area contributed by atoms with Crippen molar-refractivity contribution in [3.8, 4) is 0 Å². The summed E-state index contributed by atoms with van der Waals surface area (Å²) in [7, 11) is 0. The van der Waals surface area contributed by atoms with Gasteiger partial charge in [0.1, 0.15) is 6.61 Å². The zero-order valence-corrected chi connectivity index (χ0v) is 6.04. The summed E-state index contributed by atoms with van der Waals surface area (Å²) >= 11 is 0. The monoisotopic (exact) mass is 141 g/mol. The predicted molar refractivity (Wildman–Crippen MR) is 36.9 cm³/mol. The molecule has 0 aromatic rings. The smallest absolute Gasteiger partial charge is 0.125 e. The molecule has 3 heteroatoms. The molecule has 0 amide bonds. The second-order valence-electron chi connectivity index (χ2n) is 2.81. The van der Waals surface area contributed by atoms with E-state index in [1.54, 1.807) is 0 Å². The van der Waals surface area contributed by atoms with Crippen molar-refractivity contribution in [3.63, 3.8) is 0 Å². The first-order valence-electron chi connectivity index (χ1n) is 3.69. The Hall–Kier alpha value is -0.570. The van der Waals surface area contributed by atoms with Crippen molar-refractivity contribution >= 4 is 5.71 Å². The lowest BCUT2D eigenvalue weighted by atomic mass is 9.95. The molecular weight excluding hydrogens is 130 g/mol. The van der Waals surface area contributed by atoms with Gasteiger partial charge in [0.25, 0.3) is 0 Å². The molecule has 0 bridgehead atoms. The molecule has 0 aromatic carbocycles. The van der Waals surface area contributed by atoms with Crippen molar-refractivity contribution in [3.05, 3.63) is 0 Å². The molecule has 0 radical (unpaired) electrons. The maximum absolute atomic E-state index is 5.38. The molecule has 0 N–H and O–H groups in total. The Morgan fingerprint density at radius 3 is 3.30 bits per heavy atom. The minimum atomic E-state index is 0.182. The Morgan fingerprint density at radius 2 is 2.50 bits per heavy atom. The van der Waals surface area contributed by atoms with Crippen LogP contribution in [0, 0.1) is 5.92 Å². The zero-order valence-electron chi connectivity index (χ0n) is 6.04. The number of hydrogen-bond donors (Lipinski definition) is 0. The van der Waals surface area contributed by atoms with Gasteiger partial charge in [0.05, 0.1) is 11.8 Å². The van der Waals surface area contributed by atoms with E-state index in [0.29, 0.717) is 5.92 Å². The number of nitrogens with zero attached hydrogens (tertiary/aromatic N) is 1. The van der Waals surface area contributed by atoms with Gasteiger partial charge in [0, 0.05) is 12.5 Å². The van der Waals surface area contributed by atoms with E-state index < -0.39 is 0 Å². The highest BCUT2D eigenvalue weighted by molar-refractivity contribution is 5.91. The van der Waals surface area contributed by atoms with E-state index >= 15 is 0 Å². The highest BCUT2D eigenvalue weighted by Crippen LogP contribution is 2.22. The average molecular weight is 141 g/mol. The molecule has 0 aliphatic carbocycles. The second kappa shape index (κ2) is 2.23. The molecule has 3 nitrogen and oxygen atoms in total. The largest absolute Gasteiger partial charge is 0.395 e. The summed E-state index contributed by atoms with van der Waals surface area (Å²) in [5.74, 6) is 0.545. The van der Waals surface area contributed by atoms with Gasteiger partial charge in [0.2, 0.25) is 0 Å². The number of ether oxygens (including phenoxy) is 1. The van der Waals surface area contributed by atoms with Crippen LogP contribution in [0.3, 0.4) is 0 Å². The van der Waals surface area contributed by atoms with Gasteiger partial charge in [-0.1, -0.05) is 5.16 Å². The van der Waals surface area contributed by atoms with Gasteiger partial charge in [0.15, 0.2) is 0 Å². The lowest BCUT2D eigenvalue weighted by molar-refractivity contribution is 0.0759. The molecule has 0 unspecified atom stereocenters. The molecule has 1 fully saturated rings. The van der Waals surface area contributed by atoms with E-state index in [1.165, 1.54) is 0 Å². The standard InChI is InChI=1S/C7H11NO2/c1-5-7-6(2-3-9-5)4-10-8-7/h5-6H,2-4H2,1H3/t5-,6+/m0/s1. The molecule has 10 heavy (non-hydrogen) atoms. The van der Waals surface area contributed by atoms with E-state index in [1.807, 2.05) is 6.92 Å². The lowest BCUT2D eigenvalue weighted by Crippen LogP contribution is -2.33. The fraction of sp³-hybridized carbons (Fsp3) is 0.857. The van der Waals surface area contributed by atoms with Crippen LogP contribution in [0.4, 0.5) is 0 Å². The quantitative estimate of drug-likeness (QED) is 0.499. The Bertz CT molecular complexity index is 167. The first-order chi connectivity index (χ1) is 4.88. The first kappa shape index (κ1) is 6.16. The zero-order chi connectivity index (χ0) is 6.97. The van der Waals surface area contributed by atoms with Gasteiger partial charge < -0.3 is 9.57 Å². The molecule has 0 aromatic heterocycles. The minimum absolute atomic E-state index is 0.182. The van der Waals surface area contributed by atoms with Crippen LogP contribution in [0.1, 0.15) is 13.3 Å². The summed E-state index contributed by atoms with van der Waals surface area (Å²) in [5, 5.41) is 3.93. The predicted octanol–water partition coefficient (Wildman–Crippen LogP) is 0.798. The summed E-state index contributed by atoms with van der Waals surface area (Å²) in [6, 6.07) is 0. The topological polar surface area (TPSA) is 30.8 Å². The molecule has 0 spiro atoms. The van der Waals surface area contributed by atoms with Crippen LogP contribution < -0.4 is 0 Å². The van der Waals surface area contributed by atoms with Crippen LogP contribution in [0.25, 0.3) is 0 Å². The fourth-order valence-electron chi connectivity index (χ4n) is 1.47. The van der Waals surface area contributed by atoms with Gasteiger partial charge in [-0.05, 0) is 13.3 Å². The maximum atomic E-state index is 5.38. The highest BCUT2D eigenvalue weighted by Gasteiger charge is 2.31. The minimum Gasteiger partial charge on any atom is -0.395 e. The second-order valence-corrected chi connectivity index (χ2v) is 2.81. The van der Waals surface area contributed by atoms with Crippen molar-refractivity contribution in [1.82, 2.24) is 0 Å². The molecule has 2 atom stereocenters. The molecule has 2 aliphatic rings. The van der Waals surface area contributed by atoms with Crippen LogP contribution in [0.15, 0.2) is 5.16 Å². The summed E-state index contributed by atoms with van der Waals surface area (Å²) in [6.07, 6.45) is 1.25. The van der Waals surface area contributed by atoms with Crippen molar-refractivity contribution in [1.29, 1.82) is 0 Å². The Balaban J connectivity index is 2.15. The van der Waals surface area contributed by atoms with Crippen LogP contribution >= 0.6 is 0 Å². The van der Waals surface area contributed by atoms with Gasteiger partial charge >= 0.3 is 0 Å². The third-order valence-electron chi connectivity index (χ3n) is 2.11. The summed E-state index contributed by atoms with van der Waals surface area (Å²) in [5.41, 5.74) is 1.10. The molecule has 56 valence electrons. The van der Waals surface area contributed by atoms with E-state index in [4.69, 9.17) is 9.57 Å². The van der Waals surface area contributed by atoms with Crippen molar-refractivity contribution in [2.45, 2.75) is 19.4 Å². The lowest BCUT2D eigenvalue weighted by Gasteiger charge is -2.22. The van der Waals surface area contributed by atoms with Crippen LogP contribution in [-0.2, 0) is 9.57 Å². The first-order valence-corrected chi connectivity index (χ1v) is 3.69. The van der Waals surface area contributed by atoms with Crippen LogP contribution in [0.2, 0.25) is 0 Å². The van der Waals surface area contributed by atoms with Crippen LogP contribution in [-0.4, -0.2) is 25.0 Å². The number of fused-ring (bicyclic) bond motifs is 1. The molecule has 2 heterocycles. The summed E-state index contributed by atoms with van der Waals surface area (Å²) in [4.78, 5) is 4.97. The van der Waals surface area contributed by atoms with E-state index in [2.05, 4.69) is 5.16 Å². The van der Waals surface area contributed by atoms with Crippen molar-refractivity contribution in [2.24, 2.45) is 11.1 Å². The van der Waals surface area contributed by atoms with Gasteiger partial charge in [-0.25, -0.2) is 0 Å². The van der Waals surface area contributed by atoms with Gasteiger partial charge in [-0.2, -0.15) is 0 Å². The van der Waals surface area contributed by atoms with E-state index in [0.717, 1.165) is 25.3 Å². The van der Waals surface area contributed by atoms with Gasteiger partial charge in [-0.15, -0.1) is 0 Å². The molecule has 0 saturated carbocycles. The molecular formula is C7H11NO2. The normalized spacial score (nSPS) is 38.3. The Morgan fingerprint density at radius 1 is 1.60 bits per heavy atom. The molecule has 2 rings (SSSR count). The molecule has 1 saturated heterocycles.